The Balaban J connectivity index is 1.78. The van der Waals surface area contributed by atoms with Crippen molar-refractivity contribution in [3.05, 3.63) is 41.7 Å². The van der Waals surface area contributed by atoms with Gasteiger partial charge in [0.05, 0.1) is 25.9 Å². The average Bonchev–Trinajstić information content (AvgIpc) is 3.11. The molecule has 1 saturated carbocycles. The molecule has 30 heavy (non-hydrogen) atoms. The van der Waals surface area contributed by atoms with Crippen LogP contribution >= 0.6 is 11.8 Å². The molecule has 0 bridgehead atoms. The number of thioether (sulfide) groups is 1. The van der Waals surface area contributed by atoms with Crippen molar-refractivity contribution in [3.8, 4) is 0 Å². The predicted molar refractivity (Wildman–Crippen MR) is 122 cm³/mol. The summed E-state index contributed by atoms with van der Waals surface area (Å²) in [6, 6.07) is 11.0. The van der Waals surface area contributed by atoms with Gasteiger partial charge in [-0.3, -0.25) is 9.36 Å². The lowest BCUT2D eigenvalue weighted by atomic mass is 9.95. The van der Waals surface area contributed by atoms with Crippen LogP contribution in [0.4, 0.5) is 0 Å². The summed E-state index contributed by atoms with van der Waals surface area (Å²) in [7, 11) is 4.31. The fraction of sp³-hybridized carbons (Fsp3) is 0.609. The van der Waals surface area contributed by atoms with E-state index in [1.807, 2.05) is 13.0 Å². The number of carbonyl (C=O) groups is 1. The van der Waals surface area contributed by atoms with Crippen LogP contribution in [0.25, 0.3) is 0 Å². The highest BCUT2D eigenvalue weighted by Gasteiger charge is 2.27. The zero-order valence-corrected chi connectivity index (χ0v) is 19.5. The van der Waals surface area contributed by atoms with Crippen LogP contribution in [0.15, 0.2) is 35.5 Å². The zero-order valence-electron chi connectivity index (χ0n) is 18.7. The van der Waals surface area contributed by atoms with E-state index < -0.39 is 0 Å². The highest BCUT2D eigenvalue weighted by atomic mass is 32.2. The van der Waals surface area contributed by atoms with E-state index in [0.29, 0.717) is 12.6 Å². The first-order valence-corrected chi connectivity index (χ1v) is 12.1. The summed E-state index contributed by atoms with van der Waals surface area (Å²) in [5.74, 6) is 1.09. The molecule has 1 amide bonds. The quantitative estimate of drug-likeness (QED) is 0.601. The lowest BCUT2D eigenvalue weighted by molar-refractivity contribution is -0.893. The number of quaternary nitrogens is 1. The molecule has 2 N–H and O–H groups in total. The topological polar surface area (TPSA) is 64.2 Å². The predicted octanol–water partition coefficient (Wildman–Crippen LogP) is 2.85. The van der Waals surface area contributed by atoms with Gasteiger partial charge in [-0.1, -0.05) is 68.3 Å². The van der Waals surface area contributed by atoms with Crippen molar-refractivity contribution in [1.82, 2.24) is 20.1 Å². The molecular formula is C23H36N5OS+. The van der Waals surface area contributed by atoms with Crippen molar-refractivity contribution in [2.75, 3.05) is 14.1 Å². The van der Waals surface area contributed by atoms with Crippen LogP contribution < -0.4 is 10.2 Å². The number of rotatable bonds is 9. The van der Waals surface area contributed by atoms with Crippen molar-refractivity contribution in [2.24, 2.45) is 0 Å². The lowest BCUT2D eigenvalue weighted by Gasteiger charge is -2.24. The van der Waals surface area contributed by atoms with E-state index >= 15 is 0 Å². The number of aromatic nitrogens is 3. The maximum atomic E-state index is 12.8. The molecule has 7 heteroatoms. The molecule has 0 saturated heterocycles. The van der Waals surface area contributed by atoms with Gasteiger partial charge in [-0.25, -0.2) is 0 Å². The number of carbonyl (C=O) groups excluding carboxylic acids is 1. The van der Waals surface area contributed by atoms with Crippen LogP contribution in [0.3, 0.4) is 0 Å². The number of hydrogen-bond donors (Lipinski definition) is 2. The lowest BCUT2D eigenvalue weighted by Crippen LogP contribution is -3.06. The Kier molecular flexibility index (Phi) is 8.33. The van der Waals surface area contributed by atoms with Crippen LogP contribution in [0.1, 0.15) is 69.8 Å². The summed E-state index contributed by atoms with van der Waals surface area (Å²) in [6.45, 7) is 4.87. The monoisotopic (exact) mass is 430 g/mol. The third kappa shape index (κ3) is 5.85. The molecule has 1 aromatic carbocycles. The summed E-state index contributed by atoms with van der Waals surface area (Å²) in [5, 5.41) is 12.9. The van der Waals surface area contributed by atoms with E-state index in [-0.39, 0.29) is 17.2 Å². The molecule has 1 heterocycles. The zero-order chi connectivity index (χ0) is 21.5. The van der Waals surface area contributed by atoms with E-state index in [1.165, 1.54) is 41.5 Å². The van der Waals surface area contributed by atoms with Crippen molar-refractivity contribution in [3.63, 3.8) is 0 Å². The number of benzene rings is 1. The number of amides is 1. The fourth-order valence-corrected chi connectivity index (χ4v) is 5.05. The first-order valence-electron chi connectivity index (χ1n) is 11.2. The van der Waals surface area contributed by atoms with Crippen LogP contribution in [0.2, 0.25) is 0 Å². The largest absolute Gasteiger partial charge is 0.352 e. The van der Waals surface area contributed by atoms with E-state index in [2.05, 4.69) is 65.4 Å². The van der Waals surface area contributed by atoms with Gasteiger partial charge in [-0.2, -0.15) is 0 Å². The molecule has 0 radical (unpaired) electrons. The van der Waals surface area contributed by atoms with Gasteiger partial charge in [-0.15, -0.1) is 10.2 Å². The Morgan fingerprint density at radius 2 is 1.90 bits per heavy atom. The van der Waals surface area contributed by atoms with E-state index in [4.69, 9.17) is 0 Å². The third-order valence-corrected chi connectivity index (χ3v) is 7.03. The first kappa shape index (κ1) is 22.8. The summed E-state index contributed by atoms with van der Waals surface area (Å²) in [4.78, 5) is 14.1. The normalized spacial score (nSPS) is 17.1. The molecule has 1 aromatic heterocycles. The molecule has 2 aromatic rings. The minimum Gasteiger partial charge on any atom is -0.352 e. The second-order valence-electron chi connectivity index (χ2n) is 8.55. The molecule has 0 unspecified atom stereocenters. The summed E-state index contributed by atoms with van der Waals surface area (Å²) in [5.41, 5.74) is 1.21. The van der Waals surface area contributed by atoms with Crippen LogP contribution in [-0.4, -0.2) is 46.1 Å². The maximum absolute atomic E-state index is 12.8. The van der Waals surface area contributed by atoms with Crippen molar-refractivity contribution in [2.45, 2.75) is 81.4 Å². The van der Waals surface area contributed by atoms with E-state index in [9.17, 15) is 4.79 Å². The minimum absolute atomic E-state index is 0.105. The Hall–Kier alpha value is -1.86. The van der Waals surface area contributed by atoms with E-state index in [1.54, 1.807) is 0 Å². The number of nitrogens with zero attached hydrogens (tertiary/aromatic N) is 3. The highest BCUT2D eigenvalue weighted by molar-refractivity contribution is 8.00. The molecule has 164 valence electrons. The SMILES string of the molecule is CC[C@H](c1nnc(S[C@@H](C)C(=O)NC2CCCCC2)n1Cc1ccccc1)[NH+](C)C. The summed E-state index contributed by atoms with van der Waals surface area (Å²) >= 11 is 1.51. The van der Waals surface area contributed by atoms with Crippen molar-refractivity contribution in [1.29, 1.82) is 0 Å². The molecule has 6 nitrogen and oxygen atoms in total. The van der Waals surface area contributed by atoms with Gasteiger partial charge in [0.15, 0.2) is 11.0 Å². The molecule has 1 aliphatic carbocycles. The molecule has 0 aliphatic heterocycles. The van der Waals surface area contributed by atoms with Crippen LogP contribution in [0.5, 0.6) is 0 Å². The van der Waals surface area contributed by atoms with Gasteiger partial charge in [0.25, 0.3) is 0 Å². The second-order valence-corrected chi connectivity index (χ2v) is 9.86. The standard InChI is InChI=1S/C23H35N5OS/c1-5-20(27(3)4)21-25-26-23(28(21)16-18-12-8-6-9-13-18)30-17(2)22(29)24-19-14-10-7-11-15-19/h6,8-9,12-13,17,19-20H,5,7,10-11,14-16H2,1-4H3,(H,24,29)/p+1/t17-,20+/m0/s1. The van der Waals surface area contributed by atoms with Gasteiger partial charge in [0, 0.05) is 12.5 Å². The van der Waals surface area contributed by atoms with Crippen molar-refractivity contribution < 1.29 is 9.69 Å². The molecule has 1 fully saturated rings. The van der Waals surface area contributed by atoms with Gasteiger partial charge < -0.3 is 10.2 Å². The van der Waals surface area contributed by atoms with Gasteiger partial charge in [0.1, 0.15) is 6.04 Å². The molecule has 2 atom stereocenters. The first-order chi connectivity index (χ1) is 14.5. The Labute approximate surface area is 184 Å². The summed E-state index contributed by atoms with van der Waals surface area (Å²) < 4.78 is 2.20. The smallest absolute Gasteiger partial charge is 0.233 e. The number of hydrogen-bond acceptors (Lipinski definition) is 4. The third-order valence-electron chi connectivity index (χ3n) is 5.95. The second kappa shape index (κ2) is 11.0. The van der Waals surface area contributed by atoms with Crippen LogP contribution in [-0.2, 0) is 11.3 Å². The van der Waals surface area contributed by atoms with E-state index in [0.717, 1.165) is 30.2 Å². The van der Waals surface area contributed by atoms with Gasteiger partial charge in [0.2, 0.25) is 5.91 Å². The van der Waals surface area contributed by atoms with Crippen molar-refractivity contribution >= 4 is 17.7 Å². The molecular weight excluding hydrogens is 394 g/mol. The Bertz CT molecular complexity index is 801. The Morgan fingerprint density at radius 1 is 1.20 bits per heavy atom. The molecule has 3 rings (SSSR count). The fourth-order valence-electron chi connectivity index (χ4n) is 4.19. The molecule has 1 aliphatic rings. The van der Waals surface area contributed by atoms with Gasteiger partial charge in [-0.05, 0) is 25.3 Å². The highest BCUT2D eigenvalue weighted by Crippen LogP contribution is 2.26. The average molecular weight is 431 g/mol. The summed E-state index contributed by atoms with van der Waals surface area (Å²) in [6.07, 6.45) is 6.90. The molecule has 0 spiro atoms. The Morgan fingerprint density at radius 3 is 2.53 bits per heavy atom. The minimum atomic E-state index is -0.203. The van der Waals surface area contributed by atoms with Gasteiger partial charge >= 0.3 is 0 Å². The number of nitrogens with one attached hydrogen (secondary N) is 2. The maximum Gasteiger partial charge on any atom is 0.233 e. The van der Waals surface area contributed by atoms with Crippen LogP contribution in [0, 0.1) is 0 Å².